The summed E-state index contributed by atoms with van der Waals surface area (Å²) in [5, 5.41) is 6.13. The van der Waals surface area contributed by atoms with Crippen molar-refractivity contribution >= 4 is 11.9 Å². The van der Waals surface area contributed by atoms with Crippen LogP contribution >= 0.6 is 0 Å². The van der Waals surface area contributed by atoms with Crippen LogP contribution in [0.4, 0.5) is 5.95 Å². The van der Waals surface area contributed by atoms with Crippen LogP contribution in [0.15, 0.2) is 60.8 Å². The molecule has 150 valence electrons. The molecule has 0 atom stereocenters. The number of amides is 1. The van der Waals surface area contributed by atoms with E-state index in [1.807, 2.05) is 49.4 Å². The Balaban J connectivity index is 1.48. The molecule has 0 saturated carbocycles. The van der Waals surface area contributed by atoms with Gasteiger partial charge in [0.05, 0.1) is 18.4 Å². The van der Waals surface area contributed by atoms with Gasteiger partial charge in [0.2, 0.25) is 5.95 Å². The van der Waals surface area contributed by atoms with E-state index in [-0.39, 0.29) is 5.91 Å². The zero-order chi connectivity index (χ0) is 20.5. The minimum atomic E-state index is -0.141. The maximum atomic E-state index is 12.4. The molecule has 1 heterocycles. The fraction of sp³-hybridized carbons (Fsp3) is 0.261. The molecule has 2 aromatic carbocycles. The molecule has 2 N–H and O–H groups in total. The molecular weight excluding hydrogens is 364 g/mol. The molecule has 0 aliphatic rings. The molecule has 1 amide bonds. The van der Waals surface area contributed by atoms with Crippen LogP contribution in [-0.2, 0) is 13.0 Å². The Labute approximate surface area is 171 Å². The van der Waals surface area contributed by atoms with Crippen molar-refractivity contribution in [2.24, 2.45) is 0 Å². The first-order valence-corrected chi connectivity index (χ1v) is 9.68. The molecule has 6 nitrogen and oxygen atoms in total. The maximum absolute atomic E-state index is 12.4. The molecule has 6 heteroatoms. The topological polar surface area (TPSA) is 76.1 Å². The maximum Gasteiger partial charge on any atom is 0.254 e. The van der Waals surface area contributed by atoms with E-state index in [0.29, 0.717) is 30.3 Å². The molecule has 0 unspecified atom stereocenters. The number of carbonyl (C=O) groups is 1. The third kappa shape index (κ3) is 6.04. The van der Waals surface area contributed by atoms with Gasteiger partial charge in [-0.05, 0) is 43.0 Å². The van der Waals surface area contributed by atoms with Gasteiger partial charge >= 0.3 is 0 Å². The molecule has 0 fully saturated rings. The highest BCUT2D eigenvalue weighted by Gasteiger charge is 2.11. The summed E-state index contributed by atoms with van der Waals surface area (Å²) in [6.07, 6.45) is 3.40. The van der Waals surface area contributed by atoms with Crippen molar-refractivity contribution in [3.63, 3.8) is 0 Å². The number of rotatable bonds is 9. The van der Waals surface area contributed by atoms with Gasteiger partial charge in [0, 0.05) is 19.3 Å². The summed E-state index contributed by atoms with van der Waals surface area (Å²) in [6, 6.07) is 18.0. The van der Waals surface area contributed by atoms with Gasteiger partial charge < -0.3 is 15.4 Å². The van der Waals surface area contributed by atoms with Gasteiger partial charge in [-0.25, -0.2) is 9.97 Å². The second kappa shape index (κ2) is 10.2. The third-order valence-corrected chi connectivity index (χ3v) is 4.60. The van der Waals surface area contributed by atoms with Gasteiger partial charge in [0.25, 0.3) is 5.91 Å². The van der Waals surface area contributed by atoms with Gasteiger partial charge in [-0.2, -0.15) is 0 Å². The predicted octanol–water partition coefficient (Wildman–Crippen LogP) is 3.77. The van der Waals surface area contributed by atoms with E-state index in [1.54, 1.807) is 13.3 Å². The van der Waals surface area contributed by atoms with Crippen molar-refractivity contribution in [1.29, 1.82) is 0 Å². The van der Waals surface area contributed by atoms with E-state index in [2.05, 4.69) is 32.7 Å². The van der Waals surface area contributed by atoms with Crippen LogP contribution in [0.25, 0.3) is 0 Å². The molecule has 0 bridgehead atoms. The van der Waals surface area contributed by atoms with Crippen LogP contribution in [0.3, 0.4) is 0 Å². The molecule has 3 aromatic rings. The van der Waals surface area contributed by atoms with Crippen molar-refractivity contribution in [2.45, 2.75) is 26.3 Å². The number of nitrogens with one attached hydrogen (secondary N) is 2. The highest BCUT2D eigenvalue weighted by molar-refractivity contribution is 5.94. The molecule has 29 heavy (non-hydrogen) atoms. The van der Waals surface area contributed by atoms with Crippen molar-refractivity contribution in [1.82, 2.24) is 15.3 Å². The standard InChI is InChI=1S/C23H26N4O2/c1-17-21(22(28)24-14-6-9-18-7-4-3-5-8-18)16-26-23(27-17)25-15-19-10-12-20(29-2)13-11-19/h3-5,7-8,10-13,16H,6,9,14-15H2,1-2H3,(H,24,28)(H,25,26,27). The Bertz CT molecular complexity index is 927. The summed E-state index contributed by atoms with van der Waals surface area (Å²) in [6.45, 7) is 3.03. The highest BCUT2D eigenvalue weighted by Crippen LogP contribution is 2.13. The van der Waals surface area contributed by atoms with Crippen LogP contribution in [0.2, 0.25) is 0 Å². The minimum absolute atomic E-state index is 0.141. The van der Waals surface area contributed by atoms with E-state index in [4.69, 9.17) is 4.74 Å². The Morgan fingerprint density at radius 3 is 2.48 bits per heavy atom. The fourth-order valence-corrected chi connectivity index (χ4v) is 2.93. The van der Waals surface area contributed by atoms with Crippen molar-refractivity contribution in [3.8, 4) is 5.75 Å². The summed E-state index contributed by atoms with van der Waals surface area (Å²) in [4.78, 5) is 21.1. The highest BCUT2D eigenvalue weighted by atomic mass is 16.5. The first-order chi connectivity index (χ1) is 14.2. The van der Waals surface area contributed by atoms with Crippen LogP contribution < -0.4 is 15.4 Å². The second-order valence-electron chi connectivity index (χ2n) is 6.74. The van der Waals surface area contributed by atoms with Gasteiger partial charge in [0.1, 0.15) is 5.75 Å². The van der Waals surface area contributed by atoms with E-state index < -0.39 is 0 Å². The minimum Gasteiger partial charge on any atom is -0.497 e. The van der Waals surface area contributed by atoms with Crippen molar-refractivity contribution < 1.29 is 9.53 Å². The number of hydrogen-bond acceptors (Lipinski definition) is 5. The molecule has 1 aromatic heterocycles. The number of nitrogens with zero attached hydrogens (tertiary/aromatic N) is 2. The van der Waals surface area contributed by atoms with Gasteiger partial charge in [-0.15, -0.1) is 0 Å². The summed E-state index contributed by atoms with van der Waals surface area (Å²) < 4.78 is 5.16. The Hall–Kier alpha value is -3.41. The lowest BCUT2D eigenvalue weighted by molar-refractivity contribution is 0.0952. The lowest BCUT2D eigenvalue weighted by Gasteiger charge is -2.10. The number of anilines is 1. The number of ether oxygens (including phenoxy) is 1. The van der Waals surface area contributed by atoms with Gasteiger partial charge in [-0.3, -0.25) is 4.79 Å². The lowest BCUT2D eigenvalue weighted by Crippen LogP contribution is -2.26. The number of benzene rings is 2. The first-order valence-electron chi connectivity index (χ1n) is 9.68. The van der Waals surface area contributed by atoms with E-state index in [1.165, 1.54) is 5.56 Å². The lowest BCUT2D eigenvalue weighted by atomic mass is 10.1. The Kier molecular flexibility index (Phi) is 7.16. The van der Waals surface area contributed by atoms with Crippen LogP contribution in [0.5, 0.6) is 5.75 Å². The second-order valence-corrected chi connectivity index (χ2v) is 6.74. The first kappa shape index (κ1) is 20.3. The van der Waals surface area contributed by atoms with E-state index >= 15 is 0 Å². The van der Waals surface area contributed by atoms with Crippen molar-refractivity contribution in [3.05, 3.63) is 83.2 Å². The van der Waals surface area contributed by atoms with E-state index in [9.17, 15) is 4.79 Å². The molecule has 0 spiro atoms. The summed E-state index contributed by atoms with van der Waals surface area (Å²) in [7, 11) is 1.64. The fourth-order valence-electron chi connectivity index (χ4n) is 2.93. The molecule has 0 saturated heterocycles. The van der Waals surface area contributed by atoms with Crippen LogP contribution in [-0.4, -0.2) is 29.5 Å². The number of methoxy groups -OCH3 is 1. The predicted molar refractivity (Wildman–Crippen MR) is 114 cm³/mol. The van der Waals surface area contributed by atoms with Crippen LogP contribution in [0, 0.1) is 6.92 Å². The molecule has 0 aliphatic heterocycles. The summed E-state index contributed by atoms with van der Waals surface area (Å²) in [5.74, 6) is 1.18. The largest absolute Gasteiger partial charge is 0.497 e. The van der Waals surface area contributed by atoms with Crippen LogP contribution in [0.1, 0.15) is 33.6 Å². The zero-order valence-corrected chi connectivity index (χ0v) is 16.8. The third-order valence-electron chi connectivity index (χ3n) is 4.60. The van der Waals surface area contributed by atoms with E-state index in [0.717, 1.165) is 24.2 Å². The van der Waals surface area contributed by atoms with Gasteiger partial charge in [0.15, 0.2) is 0 Å². The monoisotopic (exact) mass is 390 g/mol. The smallest absolute Gasteiger partial charge is 0.254 e. The Morgan fingerprint density at radius 2 is 1.79 bits per heavy atom. The number of carbonyl (C=O) groups excluding carboxylic acids is 1. The summed E-state index contributed by atoms with van der Waals surface area (Å²) >= 11 is 0. The number of aromatic nitrogens is 2. The SMILES string of the molecule is COc1ccc(CNc2ncc(C(=O)NCCCc3ccccc3)c(C)n2)cc1. The average molecular weight is 390 g/mol. The van der Waals surface area contributed by atoms with Crippen molar-refractivity contribution in [2.75, 3.05) is 19.0 Å². The zero-order valence-electron chi connectivity index (χ0n) is 16.8. The Morgan fingerprint density at radius 1 is 1.03 bits per heavy atom. The molecule has 0 aliphatic carbocycles. The number of aryl methyl sites for hydroxylation is 2. The molecule has 0 radical (unpaired) electrons. The normalized spacial score (nSPS) is 10.4. The molecular formula is C23H26N4O2. The quantitative estimate of drug-likeness (QED) is 0.544. The molecule has 3 rings (SSSR count). The average Bonchev–Trinajstić information content (AvgIpc) is 2.76. The summed E-state index contributed by atoms with van der Waals surface area (Å²) in [5.41, 5.74) is 3.51. The number of hydrogen-bond donors (Lipinski definition) is 2. The van der Waals surface area contributed by atoms with Gasteiger partial charge in [-0.1, -0.05) is 42.5 Å².